The van der Waals surface area contributed by atoms with E-state index in [4.69, 9.17) is 21.7 Å². The topological polar surface area (TPSA) is 60.3 Å². The van der Waals surface area contributed by atoms with Crippen LogP contribution < -0.4 is 20.1 Å². The van der Waals surface area contributed by atoms with Gasteiger partial charge in [0, 0.05) is 18.0 Å². The molecule has 0 atom stereocenters. The molecule has 3 rings (SSSR count). The number of nitrogens with zero attached hydrogens (tertiary/aromatic N) is 2. The fourth-order valence-corrected chi connectivity index (χ4v) is 3.11. The Morgan fingerprint density at radius 2 is 2.00 bits per heavy atom. The Bertz CT molecular complexity index is 945. The van der Waals surface area contributed by atoms with Crippen LogP contribution in [0.3, 0.4) is 0 Å². The Labute approximate surface area is 171 Å². The molecule has 0 radical (unpaired) electrons. The Morgan fingerprint density at radius 1 is 1.15 bits per heavy atom. The lowest BCUT2D eigenvalue weighted by Gasteiger charge is -2.15. The van der Waals surface area contributed by atoms with E-state index >= 15 is 0 Å². The summed E-state index contributed by atoms with van der Waals surface area (Å²) in [6.45, 7) is 0.672. The number of halogens is 1. The summed E-state index contributed by atoms with van der Waals surface area (Å²) in [5, 5.41) is 11.1. The molecule has 0 aliphatic rings. The van der Waals surface area contributed by atoms with Crippen LogP contribution in [0.1, 0.15) is 5.56 Å². The van der Waals surface area contributed by atoms with Crippen molar-refractivity contribution in [3.8, 4) is 11.5 Å². The van der Waals surface area contributed by atoms with Crippen LogP contribution in [0.15, 0.2) is 59.3 Å². The predicted octanol–water partition coefficient (Wildman–Crippen LogP) is 4.52. The molecule has 0 aliphatic carbocycles. The van der Waals surface area contributed by atoms with E-state index in [1.165, 1.54) is 0 Å². The van der Waals surface area contributed by atoms with Gasteiger partial charge >= 0.3 is 0 Å². The number of hydrogen-bond acceptors (Lipinski definition) is 4. The van der Waals surface area contributed by atoms with Gasteiger partial charge in [0.1, 0.15) is 11.5 Å². The van der Waals surface area contributed by atoms with Gasteiger partial charge in [-0.3, -0.25) is 4.68 Å². The van der Waals surface area contributed by atoms with Gasteiger partial charge in [-0.15, -0.1) is 0 Å². The van der Waals surface area contributed by atoms with E-state index in [-0.39, 0.29) is 0 Å². The molecule has 0 bridgehead atoms. The van der Waals surface area contributed by atoms with Crippen molar-refractivity contribution in [3.63, 3.8) is 0 Å². The number of hydrogen-bond donors (Lipinski definition) is 2. The first-order valence-corrected chi connectivity index (χ1v) is 9.34. The van der Waals surface area contributed by atoms with E-state index in [9.17, 15) is 0 Å². The molecule has 0 fully saturated rings. The maximum atomic E-state index is 5.44. The average Bonchev–Trinajstić information content (AvgIpc) is 3.06. The molecule has 2 aromatic carbocycles. The van der Waals surface area contributed by atoms with Gasteiger partial charge in [-0.1, -0.05) is 12.1 Å². The summed E-state index contributed by atoms with van der Waals surface area (Å²) in [7, 11) is 3.23. The first-order valence-electron chi connectivity index (χ1n) is 8.14. The van der Waals surface area contributed by atoms with Crippen LogP contribution in [0.4, 0.5) is 11.4 Å². The SMILES string of the molecule is COc1ccc(OC)c(NC(=S)Nc2cccc(Cn3cc(Br)cn3)c2)c1. The largest absolute Gasteiger partial charge is 0.497 e. The summed E-state index contributed by atoms with van der Waals surface area (Å²) < 4.78 is 13.4. The number of methoxy groups -OCH3 is 2. The zero-order chi connectivity index (χ0) is 19.2. The minimum atomic E-state index is 0.459. The monoisotopic (exact) mass is 446 g/mol. The van der Waals surface area contributed by atoms with E-state index in [1.807, 2.05) is 53.3 Å². The van der Waals surface area contributed by atoms with Crippen molar-refractivity contribution in [2.75, 3.05) is 24.9 Å². The first kappa shape index (κ1) is 19.2. The zero-order valence-electron chi connectivity index (χ0n) is 14.9. The van der Waals surface area contributed by atoms with Crippen LogP contribution in [-0.2, 0) is 6.54 Å². The molecule has 0 unspecified atom stereocenters. The van der Waals surface area contributed by atoms with Gasteiger partial charge in [-0.2, -0.15) is 5.10 Å². The fourth-order valence-electron chi connectivity index (χ4n) is 2.56. The molecule has 0 saturated carbocycles. The Hall–Kier alpha value is -2.58. The molecule has 3 aromatic rings. The lowest BCUT2D eigenvalue weighted by molar-refractivity contribution is 0.405. The lowest BCUT2D eigenvalue weighted by atomic mass is 10.2. The molecule has 0 spiro atoms. The number of thiocarbonyl (C=S) groups is 1. The van der Waals surface area contributed by atoms with E-state index in [1.54, 1.807) is 20.4 Å². The second-order valence-corrected chi connectivity index (χ2v) is 7.03. The summed E-state index contributed by atoms with van der Waals surface area (Å²) in [5.41, 5.74) is 2.72. The molecule has 0 amide bonds. The molecule has 1 aromatic heterocycles. The van der Waals surface area contributed by atoms with Crippen LogP contribution in [0, 0.1) is 0 Å². The highest BCUT2D eigenvalue weighted by Crippen LogP contribution is 2.29. The number of aromatic nitrogens is 2. The molecule has 1 heterocycles. The molecule has 27 heavy (non-hydrogen) atoms. The summed E-state index contributed by atoms with van der Waals surface area (Å²) in [6, 6.07) is 13.5. The minimum absolute atomic E-state index is 0.459. The van der Waals surface area contributed by atoms with Gasteiger partial charge in [-0.05, 0) is 58.0 Å². The van der Waals surface area contributed by atoms with Gasteiger partial charge in [-0.25, -0.2) is 0 Å². The standard InChI is InChI=1S/C19H19BrN4O2S/c1-25-16-6-7-18(26-2)17(9-16)23-19(27)22-15-5-3-4-13(8-15)11-24-12-14(20)10-21-24/h3-10,12H,11H2,1-2H3,(H2,22,23,27). The van der Waals surface area contributed by atoms with E-state index in [2.05, 4.69) is 31.7 Å². The quantitative estimate of drug-likeness (QED) is 0.542. The maximum Gasteiger partial charge on any atom is 0.175 e. The molecular formula is C19H19BrN4O2S. The third-order valence-corrected chi connectivity index (χ3v) is 4.40. The van der Waals surface area contributed by atoms with Gasteiger partial charge < -0.3 is 20.1 Å². The highest BCUT2D eigenvalue weighted by Gasteiger charge is 2.08. The number of rotatable bonds is 6. The fraction of sp³-hybridized carbons (Fsp3) is 0.158. The van der Waals surface area contributed by atoms with Gasteiger partial charge in [0.2, 0.25) is 0 Å². The summed E-state index contributed by atoms with van der Waals surface area (Å²) in [4.78, 5) is 0. The predicted molar refractivity (Wildman–Crippen MR) is 115 cm³/mol. The van der Waals surface area contributed by atoms with Gasteiger partial charge in [0.05, 0.1) is 37.1 Å². The normalized spacial score (nSPS) is 10.3. The summed E-state index contributed by atoms with van der Waals surface area (Å²) >= 11 is 8.84. The molecule has 8 heteroatoms. The van der Waals surface area contributed by atoms with Crippen molar-refractivity contribution in [3.05, 3.63) is 64.9 Å². The zero-order valence-corrected chi connectivity index (χ0v) is 17.3. The first-order chi connectivity index (χ1) is 13.1. The van der Waals surface area contributed by atoms with Crippen molar-refractivity contribution in [2.45, 2.75) is 6.54 Å². The second-order valence-electron chi connectivity index (χ2n) is 5.70. The Balaban J connectivity index is 1.68. The summed E-state index contributed by atoms with van der Waals surface area (Å²) in [6.07, 6.45) is 3.70. The third kappa shape index (κ3) is 5.21. The number of benzene rings is 2. The van der Waals surface area contributed by atoms with Gasteiger partial charge in [0.15, 0.2) is 5.11 Å². The minimum Gasteiger partial charge on any atom is -0.497 e. The van der Waals surface area contributed by atoms with Crippen molar-refractivity contribution in [2.24, 2.45) is 0 Å². The molecule has 6 nitrogen and oxygen atoms in total. The van der Waals surface area contributed by atoms with Gasteiger partial charge in [0.25, 0.3) is 0 Å². The average molecular weight is 447 g/mol. The summed E-state index contributed by atoms with van der Waals surface area (Å²) in [5.74, 6) is 1.39. The van der Waals surface area contributed by atoms with Crippen LogP contribution in [0.25, 0.3) is 0 Å². The molecular weight excluding hydrogens is 428 g/mol. The number of ether oxygens (including phenoxy) is 2. The molecule has 0 saturated heterocycles. The van der Waals surface area contributed by atoms with Crippen molar-refractivity contribution < 1.29 is 9.47 Å². The van der Waals surface area contributed by atoms with Crippen LogP contribution in [0.5, 0.6) is 11.5 Å². The Kier molecular flexibility index (Phi) is 6.31. The number of nitrogens with one attached hydrogen (secondary N) is 2. The lowest BCUT2D eigenvalue weighted by Crippen LogP contribution is -2.19. The second kappa shape index (κ2) is 8.88. The molecule has 2 N–H and O–H groups in total. The third-order valence-electron chi connectivity index (χ3n) is 3.79. The highest BCUT2D eigenvalue weighted by atomic mass is 79.9. The van der Waals surface area contributed by atoms with Crippen LogP contribution >= 0.6 is 28.1 Å². The smallest absolute Gasteiger partial charge is 0.175 e. The van der Waals surface area contributed by atoms with E-state index < -0.39 is 0 Å². The van der Waals surface area contributed by atoms with E-state index in [0.29, 0.717) is 23.2 Å². The maximum absolute atomic E-state index is 5.44. The number of anilines is 2. The van der Waals surface area contributed by atoms with E-state index in [0.717, 1.165) is 21.4 Å². The van der Waals surface area contributed by atoms with Crippen molar-refractivity contribution >= 4 is 44.6 Å². The Morgan fingerprint density at radius 3 is 2.70 bits per heavy atom. The van der Waals surface area contributed by atoms with Crippen LogP contribution in [0.2, 0.25) is 0 Å². The highest BCUT2D eigenvalue weighted by molar-refractivity contribution is 9.10. The van der Waals surface area contributed by atoms with Crippen LogP contribution in [-0.4, -0.2) is 29.1 Å². The molecule has 0 aliphatic heterocycles. The van der Waals surface area contributed by atoms with Crippen molar-refractivity contribution in [1.29, 1.82) is 0 Å². The van der Waals surface area contributed by atoms with Crippen molar-refractivity contribution in [1.82, 2.24) is 9.78 Å². The molecule has 140 valence electrons.